The van der Waals surface area contributed by atoms with Crippen LogP contribution in [0, 0.1) is 0 Å². The zero-order valence-corrected chi connectivity index (χ0v) is 13.2. The van der Waals surface area contributed by atoms with Crippen molar-refractivity contribution in [1.82, 2.24) is 4.57 Å². The normalized spacial score (nSPS) is 10.9. The Morgan fingerprint density at radius 1 is 1.05 bits per heavy atom. The van der Waals surface area contributed by atoms with Gasteiger partial charge in [0.15, 0.2) is 5.78 Å². The first-order chi connectivity index (χ1) is 10.2. The molecule has 2 aromatic carbocycles. The lowest BCUT2D eigenvalue weighted by molar-refractivity contribution is 0.0978. The molecular weight excluding hydrogens is 326 g/mol. The summed E-state index contributed by atoms with van der Waals surface area (Å²) in [7, 11) is 0. The number of carbonyl (C=O) groups is 1. The summed E-state index contributed by atoms with van der Waals surface area (Å²) in [5.74, 6) is 0.216. The number of hydrogen-bond donors (Lipinski definition) is 0. The third-order valence-corrected chi connectivity index (χ3v) is 4.13. The van der Waals surface area contributed by atoms with Crippen LogP contribution in [-0.2, 0) is 6.54 Å². The van der Waals surface area contributed by atoms with Gasteiger partial charge in [0.1, 0.15) is 0 Å². The number of hydrogen-bond acceptors (Lipinski definition) is 1. The highest BCUT2D eigenvalue weighted by atomic mass is 79.9. The first-order valence-electron chi connectivity index (χ1n) is 7.07. The third kappa shape index (κ3) is 3.24. The highest BCUT2D eigenvalue weighted by Gasteiger charge is 2.06. The van der Waals surface area contributed by atoms with Crippen LogP contribution in [0.5, 0.6) is 0 Å². The predicted octanol–water partition coefficient (Wildman–Crippen LogP) is 5.07. The van der Waals surface area contributed by atoms with Crippen molar-refractivity contribution >= 4 is 32.6 Å². The smallest absolute Gasteiger partial charge is 0.162 e. The van der Waals surface area contributed by atoms with Gasteiger partial charge in [0.25, 0.3) is 0 Å². The van der Waals surface area contributed by atoms with Crippen LogP contribution in [0.2, 0.25) is 0 Å². The van der Waals surface area contributed by atoms with Crippen LogP contribution >= 0.6 is 15.9 Å². The minimum Gasteiger partial charge on any atom is -0.347 e. The number of halogens is 1. The zero-order chi connectivity index (χ0) is 14.7. The summed E-state index contributed by atoms with van der Waals surface area (Å²) in [5, 5.41) is 1.23. The molecule has 0 spiro atoms. The molecule has 106 valence electrons. The summed E-state index contributed by atoms with van der Waals surface area (Å²) in [6.45, 7) is 0.860. The number of aryl methyl sites for hydroxylation is 1. The van der Waals surface area contributed by atoms with E-state index in [4.69, 9.17) is 0 Å². The monoisotopic (exact) mass is 341 g/mol. The van der Waals surface area contributed by atoms with Crippen molar-refractivity contribution in [3.05, 3.63) is 70.8 Å². The second kappa shape index (κ2) is 6.27. The van der Waals surface area contributed by atoms with Crippen molar-refractivity contribution in [3.63, 3.8) is 0 Å². The van der Waals surface area contributed by atoms with E-state index in [1.165, 1.54) is 10.9 Å². The number of Topliss-reactive ketones (excluding diaryl/α,β-unsaturated/α-hetero) is 1. The van der Waals surface area contributed by atoms with E-state index in [1.54, 1.807) is 0 Å². The summed E-state index contributed by atoms with van der Waals surface area (Å²) >= 11 is 3.51. The second-order valence-corrected chi connectivity index (χ2v) is 6.02. The van der Waals surface area contributed by atoms with Crippen molar-refractivity contribution in [1.29, 1.82) is 0 Å². The van der Waals surface area contributed by atoms with Gasteiger partial charge in [-0.05, 0) is 30.0 Å². The predicted molar refractivity (Wildman–Crippen MR) is 89.6 cm³/mol. The number of benzene rings is 2. The molecule has 0 radical (unpaired) electrons. The average molecular weight is 342 g/mol. The number of fused-ring (bicyclic) bond motifs is 1. The standard InChI is InChI=1S/C18H16BrNO/c19-16-9-8-14-10-12-20(17(14)13-16)11-4-7-18(21)15-5-2-1-3-6-15/h1-3,5-6,8-10,12-13H,4,7,11H2. The van der Waals surface area contributed by atoms with Crippen LogP contribution < -0.4 is 0 Å². The molecule has 0 aliphatic heterocycles. The molecular formula is C18H16BrNO. The van der Waals surface area contributed by atoms with Crippen LogP contribution in [0.15, 0.2) is 65.3 Å². The molecule has 0 aliphatic carbocycles. The fraction of sp³-hybridized carbons (Fsp3) is 0.167. The number of carbonyl (C=O) groups excluding carboxylic acids is 1. The second-order valence-electron chi connectivity index (χ2n) is 5.11. The van der Waals surface area contributed by atoms with Crippen molar-refractivity contribution in [2.75, 3.05) is 0 Å². The largest absolute Gasteiger partial charge is 0.347 e. The molecule has 0 fully saturated rings. The molecule has 0 atom stereocenters. The summed E-state index contributed by atoms with van der Waals surface area (Å²) in [6.07, 6.45) is 3.52. The molecule has 0 saturated heterocycles. The van der Waals surface area contributed by atoms with Gasteiger partial charge in [-0.15, -0.1) is 0 Å². The lowest BCUT2D eigenvalue weighted by atomic mass is 10.1. The van der Waals surface area contributed by atoms with Gasteiger partial charge in [-0.25, -0.2) is 0 Å². The van der Waals surface area contributed by atoms with Gasteiger partial charge in [-0.3, -0.25) is 4.79 Å². The van der Waals surface area contributed by atoms with Gasteiger partial charge in [-0.1, -0.05) is 52.3 Å². The maximum Gasteiger partial charge on any atom is 0.162 e. The molecule has 1 aromatic heterocycles. The van der Waals surface area contributed by atoms with Crippen LogP contribution in [0.25, 0.3) is 10.9 Å². The number of nitrogens with zero attached hydrogens (tertiary/aromatic N) is 1. The van der Waals surface area contributed by atoms with Crippen molar-refractivity contribution in [2.24, 2.45) is 0 Å². The van der Waals surface area contributed by atoms with Gasteiger partial charge in [0.2, 0.25) is 0 Å². The topological polar surface area (TPSA) is 22.0 Å². The minimum atomic E-state index is 0.216. The summed E-state index contributed by atoms with van der Waals surface area (Å²) in [6, 6.07) is 17.9. The molecule has 2 nitrogen and oxygen atoms in total. The van der Waals surface area contributed by atoms with Gasteiger partial charge in [0, 0.05) is 34.7 Å². The minimum absolute atomic E-state index is 0.216. The van der Waals surface area contributed by atoms with E-state index >= 15 is 0 Å². The molecule has 0 N–H and O–H groups in total. The molecule has 0 saturated carbocycles. The Bertz CT molecular complexity index is 761. The van der Waals surface area contributed by atoms with Gasteiger partial charge < -0.3 is 4.57 Å². The van der Waals surface area contributed by atoms with E-state index in [0.29, 0.717) is 6.42 Å². The van der Waals surface area contributed by atoms with Crippen LogP contribution in [0.1, 0.15) is 23.2 Å². The fourth-order valence-corrected chi connectivity index (χ4v) is 2.88. The Hall–Kier alpha value is -1.87. The molecule has 1 heterocycles. The van der Waals surface area contributed by atoms with Gasteiger partial charge in [0.05, 0.1) is 0 Å². The van der Waals surface area contributed by atoms with Gasteiger partial charge >= 0.3 is 0 Å². The Labute approximate surface area is 132 Å². The quantitative estimate of drug-likeness (QED) is 0.594. The van der Waals surface area contributed by atoms with Crippen LogP contribution in [-0.4, -0.2) is 10.4 Å². The molecule has 0 bridgehead atoms. The molecule has 0 amide bonds. The Balaban J connectivity index is 1.65. The SMILES string of the molecule is O=C(CCCn1ccc2ccc(Br)cc21)c1ccccc1. The Morgan fingerprint density at radius 3 is 2.67 bits per heavy atom. The Kier molecular flexibility index (Phi) is 4.20. The van der Waals surface area contributed by atoms with E-state index in [9.17, 15) is 4.79 Å². The molecule has 0 unspecified atom stereocenters. The third-order valence-electron chi connectivity index (χ3n) is 3.63. The summed E-state index contributed by atoms with van der Waals surface area (Å²) in [4.78, 5) is 12.1. The summed E-state index contributed by atoms with van der Waals surface area (Å²) < 4.78 is 3.29. The molecule has 0 aliphatic rings. The maximum atomic E-state index is 12.1. The van der Waals surface area contributed by atoms with Crippen LogP contribution in [0.4, 0.5) is 0 Å². The van der Waals surface area contributed by atoms with Crippen molar-refractivity contribution in [3.8, 4) is 0 Å². The highest BCUT2D eigenvalue weighted by molar-refractivity contribution is 9.10. The van der Waals surface area contributed by atoms with Gasteiger partial charge in [-0.2, -0.15) is 0 Å². The van der Waals surface area contributed by atoms with E-state index in [0.717, 1.165) is 23.0 Å². The molecule has 21 heavy (non-hydrogen) atoms. The molecule has 3 rings (SSSR count). The zero-order valence-electron chi connectivity index (χ0n) is 11.6. The van der Waals surface area contributed by atoms with E-state index < -0.39 is 0 Å². The fourth-order valence-electron chi connectivity index (χ4n) is 2.53. The van der Waals surface area contributed by atoms with Crippen molar-refractivity contribution < 1.29 is 4.79 Å². The lowest BCUT2D eigenvalue weighted by Gasteiger charge is -2.06. The number of aromatic nitrogens is 1. The Morgan fingerprint density at radius 2 is 1.86 bits per heavy atom. The first-order valence-corrected chi connectivity index (χ1v) is 7.86. The van der Waals surface area contributed by atoms with E-state index in [1.807, 2.05) is 36.4 Å². The molecule has 3 aromatic rings. The first kappa shape index (κ1) is 14.1. The maximum absolute atomic E-state index is 12.1. The number of ketones is 1. The summed E-state index contributed by atoms with van der Waals surface area (Å²) in [5.41, 5.74) is 2.01. The lowest BCUT2D eigenvalue weighted by Crippen LogP contribution is -2.02. The average Bonchev–Trinajstić information content (AvgIpc) is 2.90. The highest BCUT2D eigenvalue weighted by Crippen LogP contribution is 2.21. The van der Waals surface area contributed by atoms with Crippen molar-refractivity contribution in [2.45, 2.75) is 19.4 Å². The van der Waals surface area contributed by atoms with E-state index in [2.05, 4.69) is 44.9 Å². The number of rotatable bonds is 5. The van der Waals surface area contributed by atoms with E-state index in [-0.39, 0.29) is 5.78 Å². The van der Waals surface area contributed by atoms with Crippen LogP contribution in [0.3, 0.4) is 0 Å². The molecule has 3 heteroatoms.